The van der Waals surface area contributed by atoms with Crippen LogP contribution in [0.4, 0.5) is 11.5 Å². The zero-order valence-electron chi connectivity index (χ0n) is 15.1. The first-order valence-electron chi connectivity index (χ1n) is 8.91. The fraction of sp³-hybridized carbons (Fsp3) is 0.368. The number of carbonyl (C=O) groups is 2. The van der Waals surface area contributed by atoms with Gasteiger partial charge in [-0.3, -0.25) is 14.3 Å². The Bertz CT molecular complexity index is 881. The Morgan fingerprint density at radius 1 is 1.26 bits per heavy atom. The highest BCUT2D eigenvalue weighted by Crippen LogP contribution is 2.34. The first kappa shape index (κ1) is 18.5. The highest BCUT2D eigenvalue weighted by molar-refractivity contribution is 5.98. The average molecular weight is 366 g/mol. The van der Waals surface area contributed by atoms with Crippen molar-refractivity contribution in [3.8, 4) is 6.07 Å². The summed E-state index contributed by atoms with van der Waals surface area (Å²) in [5, 5.41) is 19.5. The molecule has 0 bridgehead atoms. The maximum Gasteiger partial charge on any atom is 0.254 e. The molecule has 2 unspecified atom stereocenters. The van der Waals surface area contributed by atoms with Crippen molar-refractivity contribution in [1.82, 2.24) is 15.1 Å². The molecule has 1 fully saturated rings. The van der Waals surface area contributed by atoms with Crippen molar-refractivity contribution in [2.45, 2.75) is 31.7 Å². The van der Waals surface area contributed by atoms with Gasteiger partial charge in [-0.2, -0.15) is 10.4 Å². The van der Waals surface area contributed by atoms with Gasteiger partial charge in [-0.1, -0.05) is 12.8 Å². The van der Waals surface area contributed by atoms with Gasteiger partial charge in [0.15, 0.2) is 5.82 Å². The lowest BCUT2D eigenvalue weighted by Gasteiger charge is -2.26. The Balaban J connectivity index is 1.86. The molecule has 2 atom stereocenters. The van der Waals surface area contributed by atoms with Crippen LogP contribution in [0.25, 0.3) is 0 Å². The fourth-order valence-electron chi connectivity index (χ4n) is 3.40. The summed E-state index contributed by atoms with van der Waals surface area (Å²) in [5.74, 6) is -0.546. The van der Waals surface area contributed by atoms with Crippen LogP contribution in [0.5, 0.6) is 0 Å². The van der Waals surface area contributed by atoms with E-state index in [2.05, 4.69) is 21.8 Å². The van der Waals surface area contributed by atoms with Crippen LogP contribution < -0.4 is 16.4 Å². The summed E-state index contributed by atoms with van der Waals surface area (Å²) in [6, 6.07) is 9.09. The Morgan fingerprint density at radius 2 is 1.96 bits per heavy atom. The zero-order chi connectivity index (χ0) is 19.4. The largest absolute Gasteiger partial charge is 0.365 e. The van der Waals surface area contributed by atoms with E-state index in [-0.39, 0.29) is 23.4 Å². The van der Waals surface area contributed by atoms with Crippen LogP contribution >= 0.6 is 0 Å². The minimum absolute atomic E-state index is 0.0620. The molecule has 2 amide bonds. The molecule has 0 aliphatic heterocycles. The molecule has 27 heavy (non-hydrogen) atoms. The van der Waals surface area contributed by atoms with Gasteiger partial charge < -0.3 is 16.4 Å². The van der Waals surface area contributed by atoms with Gasteiger partial charge in [0, 0.05) is 24.5 Å². The molecule has 140 valence electrons. The van der Waals surface area contributed by atoms with E-state index in [0.717, 1.165) is 25.7 Å². The fourth-order valence-corrected chi connectivity index (χ4v) is 3.40. The van der Waals surface area contributed by atoms with Crippen LogP contribution in [0.15, 0.2) is 30.5 Å². The number of nitrogens with one attached hydrogen (secondary N) is 2. The Hall–Kier alpha value is -3.34. The SMILES string of the molecule is CNC(=O)c1ccc(Nc2nn(C3CCCCC3C#N)cc2C(N)=O)cc1. The molecular formula is C19H22N6O2. The van der Waals surface area contributed by atoms with Crippen molar-refractivity contribution in [3.05, 3.63) is 41.6 Å². The van der Waals surface area contributed by atoms with E-state index < -0.39 is 5.91 Å². The number of carbonyl (C=O) groups excluding carboxylic acids is 2. The molecule has 1 aliphatic rings. The van der Waals surface area contributed by atoms with Crippen molar-refractivity contribution in [2.24, 2.45) is 11.7 Å². The average Bonchev–Trinajstić information content (AvgIpc) is 3.11. The van der Waals surface area contributed by atoms with Gasteiger partial charge in [0.1, 0.15) is 5.56 Å². The zero-order valence-corrected chi connectivity index (χ0v) is 15.1. The second-order valence-corrected chi connectivity index (χ2v) is 6.60. The lowest BCUT2D eigenvalue weighted by atomic mass is 9.85. The molecule has 0 spiro atoms. The van der Waals surface area contributed by atoms with E-state index in [1.807, 2.05) is 0 Å². The van der Waals surface area contributed by atoms with Gasteiger partial charge in [-0.25, -0.2) is 0 Å². The van der Waals surface area contributed by atoms with Crippen molar-refractivity contribution >= 4 is 23.3 Å². The first-order valence-corrected chi connectivity index (χ1v) is 8.91. The van der Waals surface area contributed by atoms with E-state index in [4.69, 9.17) is 5.73 Å². The molecule has 0 saturated heterocycles. The number of nitriles is 1. The van der Waals surface area contributed by atoms with Crippen molar-refractivity contribution in [2.75, 3.05) is 12.4 Å². The number of rotatable bonds is 5. The molecule has 0 radical (unpaired) electrons. The molecule has 1 aliphatic carbocycles. The minimum atomic E-state index is -0.588. The first-order chi connectivity index (χ1) is 13.0. The van der Waals surface area contributed by atoms with Gasteiger partial charge in [-0.15, -0.1) is 0 Å². The summed E-state index contributed by atoms with van der Waals surface area (Å²) in [5.41, 5.74) is 6.99. The van der Waals surface area contributed by atoms with E-state index in [0.29, 0.717) is 17.1 Å². The molecule has 1 heterocycles. The highest BCUT2D eigenvalue weighted by atomic mass is 16.1. The third-order valence-electron chi connectivity index (χ3n) is 4.87. The van der Waals surface area contributed by atoms with Gasteiger partial charge >= 0.3 is 0 Å². The van der Waals surface area contributed by atoms with Crippen LogP contribution in [0, 0.1) is 17.2 Å². The normalized spacial score (nSPS) is 19.1. The number of hydrogen-bond donors (Lipinski definition) is 3. The van der Waals surface area contributed by atoms with Crippen molar-refractivity contribution in [3.63, 3.8) is 0 Å². The lowest BCUT2D eigenvalue weighted by Crippen LogP contribution is -2.22. The lowest BCUT2D eigenvalue weighted by molar-refractivity contribution is 0.0961. The standard InChI is InChI=1S/C19H22N6O2/c1-22-19(27)12-6-8-14(9-7-12)23-18-15(17(21)26)11-25(24-18)16-5-3-2-4-13(16)10-20/h6-9,11,13,16H,2-5H2,1H3,(H2,21,26)(H,22,27)(H,23,24). The molecule has 1 aromatic carbocycles. The number of hydrogen-bond acceptors (Lipinski definition) is 5. The van der Waals surface area contributed by atoms with Gasteiger partial charge in [0.25, 0.3) is 11.8 Å². The van der Waals surface area contributed by atoms with Gasteiger partial charge in [-0.05, 0) is 37.1 Å². The number of amides is 2. The smallest absolute Gasteiger partial charge is 0.254 e. The molecule has 1 saturated carbocycles. The minimum Gasteiger partial charge on any atom is -0.365 e. The van der Waals surface area contributed by atoms with Crippen molar-refractivity contribution < 1.29 is 9.59 Å². The number of nitrogens with zero attached hydrogens (tertiary/aromatic N) is 3. The van der Waals surface area contributed by atoms with Crippen LogP contribution in [-0.4, -0.2) is 28.6 Å². The van der Waals surface area contributed by atoms with Crippen LogP contribution in [-0.2, 0) is 0 Å². The Labute approximate surface area is 157 Å². The summed E-state index contributed by atoms with van der Waals surface area (Å²) in [6.45, 7) is 0. The summed E-state index contributed by atoms with van der Waals surface area (Å²) >= 11 is 0. The Kier molecular flexibility index (Phi) is 5.41. The van der Waals surface area contributed by atoms with E-state index in [1.54, 1.807) is 42.2 Å². The quantitative estimate of drug-likeness (QED) is 0.749. The molecular weight excluding hydrogens is 344 g/mol. The van der Waals surface area contributed by atoms with Crippen LogP contribution in [0.2, 0.25) is 0 Å². The highest BCUT2D eigenvalue weighted by Gasteiger charge is 2.28. The topological polar surface area (TPSA) is 126 Å². The maximum absolute atomic E-state index is 11.9. The number of primary amides is 1. The summed E-state index contributed by atoms with van der Waals surface area (Å²) < 4.78 is 1.69. The monoisotopic (exact) mass is 366 g/mol. The molecule has 2 aromatic rings. The Morgan fingerprint density at radius 3 is 2.59 bits per heavy atom. The number of nitrogens with two attached hydrogens (primary N) is 1. The van der Waals surface area contributed by atoms with Crippen LogP contribution in [0.3, 0.4) is 0 Å². The predicted molar refractivity (Wildman–Crippen MR) is 100 cm³/mol. The third-order valence-corrected chi connectivity index (χ3v) is 4.87. The van der Waals surface area contributed by atoms with E-state index in [9.17, 15) is 14.9 Å². The van der Waals surface area contributed by atoms with E-state index in [1.165, 1.54) is 0 Å². The summed E-state index contributed by atoms with van der Waals surface area (Å²) in [4.78, 5) is 23.5. The molecule has 1 aromatic heterocycles. The van der Waals surface area contributed by atoms with Gasteiger partial charge in [0.2, 0.25) is 0 Å². The predicted octanol–water partition coefficient (Wildman–Crippen LogP) is 2.34. The molecule has 4 N–H and O–H groups in total. The molecule has 3 rings (SSSR count). The van der Waals surface area contributed by atoms with Gasteiger partial charge in [0.05, 0.1) is 18.0 Å². The molecule has 8 nitrogen and oxygen atoms in total. The van der Waals surface area contributed by atoms with Crippen molar-refractivity contribution in [1.29, 1.82) is 5.26 Å². The van der Waals surface area contributed by atoms with Crippen LogP contribution in [0.1, 0.15) is 52.4 Å². The summed E-state index contributed by atoms with van der Waals surface area (Å²) in [7, 11) is 1.57. The number of aromatic nitrogens is 2. The maximum atomic E-state index is 11.9. The second kappa shape index (κ2) is 7.91. The third kappa shape index (κ3) is 3.92. The molecule has 8 heteroatoms. The number of anilines is 2. The summed E-state index contributed by atoms with van der Waals surface area (Å²) in [6.07, 6.45) is 5.35. The van der Waals surface area contributed by atoms with E-state index >= 15 is 0 Å². The number of benzene rings is 1. The second-order valence-electron chi connectivity index (χ2n) is 6.60.